The van der Waals surface area contributed by atoms with Crippen molar-refractivity contribution in [1.29, 1.82) is 0 Å². The van der Waals surface area contributed by atoms with E-state index in [0.29, 0.717) is 23.8 Å². The van der Waals surface area contributed by atoms with Crippen LogP contribution in [0.1, 0.15) is 47.0 Å². The molecule has 2 aromatic carbocycles. The molecule has 0 atom stereocenters. The molecule has 40 heavy (non-hydrogen) atoms. The van der Waals surface area contributed by atoms with Crippen molar-refractivity contribution < 1.29 is 22.7 Å². The van der Waals surface area contributed by atoms with E-state index in [9.17, 15) is 22.8 Å². The molecular weight excluding hydrogens is 576 g/mol. The molecule has 0 unspecified atom stereocenters. The fourth-order valence-corrected chi connectivity index (χ4v) is 7.12. The normalized spacial score (nSPS) is 14.2. The largest absolute Gasteiger partial charge is 0.461 e. The van der Waals surface area contributed by atoms with Crippen molar-refractivity contribution in [2.75, 3.05) is 25.0 Å². The van der Waals surface area contributed by atoms with Gasteiger partial charge < -0.3 is 10.1 Å². The maximum atomic E-state index is 13.6. The molecule has 1 aliphatic heterocycles. The van der Waals surface area contributed by atoms with Crippen LogP contribution in [0.5, 0.6) is 0 Å². The van der Waals surface area contributed by atoms with E-state index in [4.69, 9.17) is 16.3 Å². The van der Waals surface area contributed by atoms with Crippen LogP contribution in [0.25, 0.3) is 16.5 Å². The zero-order valence-corrected chi connectivity index (χ0v) is 23.8. The highest BCUT2D eigenvalue weighted by Gasteiger charge is 2.27. The minimum Gasteiger partial charge on any atom is -0.461 e. The number of aromatic nitrogens is 2. The van der Waals surface area contributed by atoms with Crippen LogP contribution in [0, 0.1) is 0 Å². The molecule has 3 heterocycles. The Hall–Kier alpha value is -3.58. The van der Waals surface area contributed by atoms with Crippen molar-refractivity contribution in [1.82, 2.24) is 14.1 Å². The summed E-state index contributed by atoms with van der Waals surface area (Å²) in [5.41, 5.74) is -0.113. The van der Waals surface area contributed by atoms with Gasteiger partial charge in [0.25, 0.3) is 11.5 Å². The van der Waals surface area contributed by atoms with Crippen LogP contribution in [0.4, 0.5) is 5.00 Å². The highest BCUT2D eigenvalue weighted by molar-refractivity contribution is 7.89. The number of amides is 1. The van der Waals surface area contributed by atoms with Crippen LogP contribution in [-0.2, 0) is 14.8 Å². The molecule has 0 spiro atoms. The van der Waals surface area contributed by atoms with Gasteiger partial charge in [0, 0.05) is 34.4 Å². The van der Waals surface area contributed by atoms with Crippen molar-refractivity contribution in [2.24, 2.45) is 0 Å². The Kier molecular flexibility index (Phi) is 8.04. The summed E-state index contributed by atoms with van der Waals surface area (Å²) in [6, 6.07) is 12.1. The van der Waals surface area contributed by atoms with Crippen LogP contribution in [0.3, 0.4) is 0 Å². The van der Waals surface area contributed by atoms with Crippen LogP contribution in [-0.4, -0.2) is 54.1 Å². The van der Waals surface area contributed by atoms with Gasteiger partial charge in [-0.15, -0.1) is 11.3 Å². The Balaban J connectivity index is 1.50. The summed E-state index contributed by atoms with van der Waals surface area (Å²) in [6.07, 6.45) is 2.64. The lowest BCUT2D eigenvalue weighted by Crippen LogP contribution is -2.35. The maximum Gasteiger partial charge on any atom is 0.359 e. The fourth-order valence-electron chi connectivity index (χ4n) is 4.48. The number of nitrogens with one attached hydrogen (secondary N) is 1. The smallest absolute Gasteiger partial charge is 0.359 e. The molecule has 1 aliphatic rings. The zero-order chi connectivity index (χ0) is 28.4. The van der Waals surface area contributed by atoms with Gasteiger partial charge in [-0.3, -0.25) is 9.59 Å². The van der Waals surface area contributed by atoms with Gasteiger partial charge in [0.2, 0.25) is 10.0 Å². The molecule has 1 saturated heterocycles. The number of carbonyl (C=O) groups is 2. The molecule has 2 aromatic heterocycles. The summed E-state index contributed by atoms with van der Waals surface area (Å²) in [5.74, 6) is -1.27. The number of hydrogen-bond donors (Lipinski definition) is 1. The van der Waals surface area contributed by atoms with Gasteiger partial charge in [0.15, 0.2) is 5.69 Å². The van der Waals surface area contributed by atoms with E-state index >= 15 is 0 Å². The third kappa shape index (κ3) is 5.39. The highest BCUT2D eigenvalue weighted by Crippen LogP contribution is 2.31. The first-order valence-electron chi connectivity index (χ1n) is 12.6. The molecule has 0 saturated carbocycles. The van der Waals surface area contributed by atoms with E-state index in [0.717, 1.165) is 35.3 Å². The predicted octanol–water partition coefficient (Wildman–Crippen LogP) is 4.70. The van der Waals surface area contributed by atoms with Crippen molar-refractivity contribution in [2.45, 2.75) is 31.1 Å². The first kappa shape index (κ1) is 28.0. The molecule has 1 N–H and O–H groups in total. The number of rotatable bonds is 7. The Morgan fingerprint density at radius 1 is 1.10 bits per heavy atom. The molecule has 0 aliphatic carbocycles. The second kappa shape index (κ2) is 11.5. The van der Waals surface area contributed by atoms with Gasteiger partial charge >= 0.3 is 5.97 Å². The second-order valence-corrected chi connectivity index (χ2v) is 12.3. The molecule has 4 aromatic rings. The highest BCUT2D eigenvalue weighted by atomic mass is 35.5. The number of nitrogens with zero attached hydrogens (tertiary/aromatic N) is 3. The molecule has 0 bridgehead atoms. The summed E-state index contributed by atoms with van der Waals surface area (Å²) in [7, 11) is -3.64. The van der Waals surface area contributed by atoms with Gasteiger partial charge in [-0.05, 0) is 62.2 Å². The Morgan fingerprint density at radius 3 is 2.50 bits per heavy atom. The van der Waals surface area contributed by atoms with Crippen LogP contribution < -0.4 is 10.9 Å². The van der Waals surface area contributed by atoms with Crippen molar-refractivity contribution >= 4 is 60.6 Å². The summed E-state index contributed by atoms with van der Waals surface area (Å²) >= 11 is 7.18. The molecule has 0 radical (unpaired) electrons. The summed E-state index contributed by atoms with van der Waals surface area (Å²) in [6.45, 7) is 2.72. The SMILES string of the molecule is CCOC(=O)c1nn(-c2cccc(Cl)c2)c(=O)c2c(NC(=O)c3ccc(S(=O)(=O)N4CCCCC4)cc3)scc12. The van der Waals surface area contributed by atoms with Crippen LogP contribution in [0.2, 0.25) is 5.02 Å². The number of carbonyl (C=O) groups excluding carboxylic acids is 2. The van der Waals surface area contributed by atoms with Gasteiger partial charge in [0.05, 0.1) is 22.6 Å². The van der Waals surface area contributed by atoms with Gasteiger partial charge in [0.1, 0.15) is 5.00 Å². The molecule has 10 nitrogen and oxygen atoms in total. The van der Waals surface area contributed by atoms with E-state index in [-0.39, 0.29) is 38.5 Å². The monoisotopic (exact) mass is 600 g/mol. The van der Waals surface area contributed by atoms with E-state index in [1.807, 2.05) is 0 Å². The van der Waals surface area contributed by atoms with E-state index in [1.165, 1.54) is 34.6 Å². The standard InChI is InChI=1S/C27H25ClN4O6S2/c1-2-38-27(35)23-21-16-39-25(22(21)26(34)32(30-23)19-8-6-7-18(28)15-19)29-24(33)17-9-11-20(12-10-17)40(36,37)31-13-4-3-5-14-31/h6-12,15-16H,2-5,13-14H2,1H3,(H,29,33). The number of benzene rings is 2. The molecule has 5 rings (SSSR count). The number of anilines is 1. The zero-order valence-electron chi connectivity index (χ0n) is 21.4. The third-order valence-corrected chi connectivity index (χ3v) is 9.51. The minimum atomic E-state index is -3.64. The average molecular weight is 601 g/mol. The molecule has 1 fully saturated rings. The summed E-state index contributed by atoms with van der Waals surface area (Å²) in [4.78, 5) is 39.6. The average Bonchev–Trinajstić information content (AvgIpc) is 3.38. The fraction of sp³-hybridized carbons (Fsp3) is 0.259. The van der Waals surface area contributed by atoms with E-state index in [1.54, 1.807) is 30.5 Å². The molecule has 1 amide bonds. The van der Waals surface area contributed by atoms with Crippen molar-refractivity contribution in [3.63, 3.8) is 0 Å². The first-order chi connectivity index (χ1) is 19.2. The Morgan fingerprint density at radius 2 is 1.82 bits per heavy atom. The Labute approximate surface area is 239 Å². The Bertz CT molecular complexity index is 1760. The lowest BCUT2D eigenvalue weighted by Gasteiger charge is -2.25. The third-order valence-electron chi connectivity index (χ3n) is 6.47. The number of sulfonamides is 1. The second-order valence-electron chi connectivity index (χ2n) is 9.06. The lowest BCUT2D eigenvalue weighted by atomic mass is 10.2. The summed E-state index contributed by atoms with van der Waals surface area (Å²) < 4.78 is 33.6. The number of hydrogen-bond acceptors (Lipinski definition) is 8. The van der Waals surface area contributed by atoms with Crippen molar-refractivity contribution in [3.05, 3.63) is 80.5 Å². The number of fused-ring (bicyclic) bond motifs is 1. The molecule has 13 heteroatoms. The summed E-state index contributed by atoms with van der Waals surface area (Å²) in [5, 5.41) is 9.45. The molecule has 208 valence electrons. The van der Waals surface area contributed by atoms with Gasteiger partial charge in [-0.25, -0.2) is 13.2 Å². The first-order valence-corrected chi connectivity index (χ1v) is 15.3. The number of piperidine rings is 1. The van der Waals surface area contributed by atoms with Crippen molar-refractivity contribution in [3.8, 4) is 5.69 Å². The van der Waals surface area contributed by atoms with Gasteiger partial charge in [-0.2, -0.15) is 14.1 Å². The van der Waals surface area contributed by atoms with Crippen LogP contribution in [0.15, 0.2) is 63.6 Å². The minimum absolute atomic E-state index is 0.0829. The predicted molar refractivity (Wildman–Crippen MR) is 153 cm³/mol. The van der Waals surface area contributed by atoms with Crippen LogP contribution >= 0.6 is 22.9 Å². The topological polar surface area (TPSA) is 128 Å². The number of thiophene rings is 1. The number of halogens is 1. The van der Waals surface area contributed by atoms with E-state index < -0.39 is 27.5 Å². The van der Waals surface area contributed by atoms with E-state index in [2.05, 4.69) is 10.4 Å². The lowest BCUT2D eigenvalue weighted by molar-refractivity contribution is 0.0519. The maximum absolute atomic E-state index is 13.6. The van der Waals surface area contributed by atoms with Gasteiger partial charge in [-0.1, -0.05) is 24.1 Å². The molecular formula is C27H25ClN4O6S2. The quantitative estimate of drug-likeness (QED) is 0.304. The number of esters is 1. The number of ether oxygens (including phenoxy) is 1.